The molecule has 0 aliphatic carbocycles. The van der Waals surface area contributed by atoms with Crippen molar-refractivity contribution in [1.29, 1.82) is 0 Å². The third-order valence-electron chi connectivity index (χ3n) is 3.07. The zero-order valence-electron chi connectivity index (χ0n) is 11.9. The van der Waals surface area contributed by atoms with Gasteiger partial charge in [-0.2, -0.15) is 0 Å². The number of methoxy groups -OCH3 is 1. The molecule has 1 atom stereocenters. The summed E-state index contributed by atoms with van der Waals surface area (Å²) in [6.07, 6.45) is 0. The van der Waals surface area contributed by atoms with Gasteiger partial charge in [0, 0.05) is 16.6 Å². The molecule has 0 unspecified atom stereocenters. The Balaban J connectivity index is 2.15. The van der Waals surface area contributed by atoms with Crippen LogP contribution in [0.25, 0.3) is 0 Å². The molecule has 3 nitrogen and oxygen atoms in total. The van der Waals surface area contributed by atoms with E-state index in [2.05, 4.69) is 15.9 Å². The first-order chi connectivity index (χ1) is 10.0. The summed E-state index contributed by atoms with van der Waals surface area (Å²) in [6.45, 7) is 2.35. The summed E-state index contributed by atoms with van der Waals surface area (Å²) < 4.78 is 12.0. The van der Waals surface area contributed by atoms with Crippen LogP contribution < -0.4 is 15.2 Å². The second kappa shape index (κ2) is 7.16. The van der Waals surface area contributed by atoms with E-state index < -0.39 is 0 Å². The van der Waals surface area contributed by atoms with Crippen LogP contribution in [0.5, 0.6) is 11.5 Å². The molecule has 0 spiro atoms. The predicted molar refractivity (Wildman–Crippen MR) is 89.1 cm³/mol. The first-order valence-electron chi connectivity index (χ1n) is 6.51. The highest BCUT2D eigenvalue weighted by Gasteiger charge is 2.10. The molecule has 0 amide bonds. The number of benzene rings is 2. The summed E-state index contributed by atoms with van der Waals surface area (Å²) in [5, 5.41) is 0.654. The van der Waals surface area contributed by atoms with Gasteiger partial charge in [0.25, 0.3) is 0 Å². The van der Waals surface area contributed by atoms with Crippen LogP contribution in [0.15, 0.2) is 40.9 Å². The van der Waals surface area contributed by atoms with Gasteiger partial charge in [0.05, 0.1) is 11.6 Å². The fraction of sp³-hybridized carbons (Fsp3) is 0.250. The summed E-state index contributed by atoms with van der Waals surface area (Å²) in [4.78, 5) is 0. The molecule has 2 aromatic rings. The standard InChI is InChI=1S/C16H17BrClNO2/c1-10(19)13-8-12(18)4-6-15(13)21-9-11-3-5-16(20-2)14(17)7-11/h3-8,10H,9,19H2,1-2H3/t10-/m1/s1. The van der Waals surface area contributed by atoms with Crippen molar-refractivity contribution >= 4 is 27.5 Å². The molecule has 112 valence electrons. The molecule has 0 saturated carbocycles. The van der Waals surface area contributed by atoms with Crippen molar-refractivity contribution in [2.45, 2.75) is 19.6 Å². The molecule has 0 aliphatic rings. The van der Waals surface area contributed by atoms with E-state index in [0.29, 0.717) is 11.6 Å². The Hall–Kier alpha value is -1.23. The fourth-order valence-corrected chi connectivity index (χ4v) is 2.74. The zero-order valence-corrected chi connectivity index (χ0v) is 14.2. The molecule has 0 radical (unpaired) electrons. The largest absolute Gasteiger partial charge is 0.496 e. The van der Waals surface area contributed by atoms with E-state index in [1.54, 1.807) is 13.2 Å². The lowest BCUT2D eigenvalue weighted by atomic mass is 10.1. The maximum atomic E-state index is 6.00. The summed E-state index contributed by atoms with van der Waals surface area (Å²) in [7, 11) is 1.64. The average Bonchev–Trinajstić information content (AvgIpc) is 2.46. The van der Waals surface area contributed by atoms with Crippen LogP contribution in [0.3, 0.4) is 0 Å². The molecule has 5 heteroatoms. The molecule has 0 fully saturated rings. The lowest BCUT2D eigenvalue weighted by molar-refractivity contribution is 0.301. The Bertz CT molecular complexity index is 632. The lowest BCUT2D eigenvalue weighted by Crippen LogP contribution is -2.08. The van der Waals surface area contributed by atoms with E-state index >= 15 is 0 Å². The number of rotatable bonds is 5. The van der Waals surface area contributed by atoms with Gasteiger partial charge in [-0.25, -0.2) is 0 Å². The maximum absolute atomic E-state index is 6.00. The summed E-state index contributed by atoms with van der Waals surface area (Å²) in [6, 6.07) is 11.2. The van der Waals surface area contributed by atoms with Gasteiger partial charge in [-0.3, -0.25) is 0 Å². The van der Waals surface area contributed by atoms with E-state index in [9.17, 15) is 0 Å². The quantitative estimate of drug-likeness (QED) is 0.829. The highest BCUT2D eigenvalue weighted by atomic mass is 79.9. The molecular formula is C16H17BrClNO2. The Morgan fingerprint density at radius 2 is 1.90 bits per heavy atom. The second-order valence-corrected chi connectivity index (χ2v) is 6.02. The monoisotopic (exact) mass is 369 g/mol. The van der Waals surface area contributed by atoms with E-state index in [1.165, 1.54) is 0 Å². The van der Waals surface area contributed by atoms with E-state index in [-0.39, 0.29) is 6.04 Å². The van der Waals surface area contributed by atoms with Crippen LogP contribution in [-0.4, -0.2) is 7.11 Å². The van der Waals surface area contributed by atoms with Gasteiger partial charge in [-0.05, 0) is 58.7 Å². The first kappa shape index (κ1) is 16.1. The topological polar surface area (TPSA) is 44.5 Å². The Labute approximate surface area is 138 Å². The normalized spacial score (nSPS) is 12.0. The smallest absolute Gasteiger partial charge is 0.133 e. The minimum absolute atomic E-state index is 0.138. The molecule has 0 heterocycles. The molecular weight excluding hydrogens is 354 g/mol. The van der Waals surface area contributed by atoms with Crippen LogP contribution in [0.2, 0.25) is 5.02 Å². The molecule has 0 bridgehead atoms. The molecule has 2 N–H and O–H groups in total. The van der Waals surface area contributed by atoms with Crippen molar-refractivity contribution in [2.24, 2.45) is 5.73 Å². The minimum Gasteiger partial charge on any atom is -0.496 e. The van der Waals surface area contributed by atoms with Crippen LogP contribution >= 0.6 is 27.5 Å². The Morgan fingerprint density at radius 3 is 2.52 bits per heavy atom. The zero-order chi connectivity index (χ0) is 15.4. The molecule has 2 aromatic carbocycles. The molecule has 0 aromatic heterocycles. The molecule has 21 heavy (non-hydrogen) atoms. The van der Waals surface area contributed by atoms with Crippen molar-refractivity contribution in [3.63, 3.8) is 0 Å². The number of halogens is 2. The number of hydrogen-bond acceptors (Lipinski definition) is 3. The SMILES string of the molecule is COc1ccc(COc2ccc(Cl)cc2[C@@H](C)N)cc1Br. The second-order valence-electron chi connectivity index (χ2n) is 4.73. The molecule has 2 rings (SSSR count). The van der Waals surface area contributed by atoms with Gasteiger partial charge in [0.1, 0.15) is 18.1 Å². The van der Waals surface area contributed by atoms with E-state index in [4.69, 9.17) is 26.8 Å². The van der Waals surface area contributed by atoms with Crippen molar-refractivity contribution in [3.8, 4) is 11.5 Å². The van der Waals surface area contributed by atoms with E-state index in [0.717, 1.165) is 27.1 Å². The summed E-state index contributed by atoms with van der Waals surface area (Å²) in [5.74, 6) is 1.54. The highest BCUT2D eigenvalue weighted by molar-refractivity contribution is 9.10. The van der Waals surface area contributed by atoms with E-state index in [1.807, 2.05) is 37.3 Å². The summed E-state index contributed by atoms with van der Waals surface area (Å²) >= 11 is 9.46. The van der Waals surface area contributed by atoms with Gasteiger partial charge in [0.2, 0.25) is 0 Å². The number of ether oxygens (including phenoxy) is 2. The number of nitrogens with two attached hydrogens (primary N) is 1. The highest BCUT2D eigenvalue weighted by Crippen LogP contribution is 2.29. The fourth-order valence-electron chi connectivity index (χ4n) is 1.97. The van der Waals surface area contributed by atoms with Crippen LogP contribution in [0, 0.1) is 0 Å². The summed E-state index contributed by atoms with van der Waals surface area (Å²) in [5.41, 5.74) is 7.89. The minimum atomic E-state index is -0.138. The van der Waals surface area contributed by atoms with Crippen molar-refractivity contribution in [3.05, 3.63) is 57.0 Å². The van der Waals surface area contributed by atoms with Gasteiger partial charge in [-0.15, -0.1) is 0 Å². The van der Waals surface area contributed by atoms with Gasteiger partial charge in [-0.1, -0.05) is 17.7 Å². The van der Waals surface area contributed by atoms with Gasteiger partial charge < -0.3 is 15.2 Å². The Morgan fingerprint density at radius 1 is 1.19 bits per heavy atom. The van der Waals surface area contributed by atoms with Gasteiger partial charge >= 0.3 is 0 Å². The maximum Gasteiger partial charge on any atom is 0.133 e. The van der Waals surface area contributed by atoms with Crippen LogP contribution in [0.4, 0.5) is 0 Å². The van der Waals surface area contributed by atoms with Crippen LogP contribution in [-0.2, 0) is 6.61 Å². The first-order valence-corrected chi connectivity index (χ1v) is 7.68. The third kappa shape index (κ3) is 4.13. The third-order valence-corrected chi connectivity index (χ3v) is 3.93. The average molecular weight is 371 g/mol. The molecule has 0 saturated heterocycles. The predicted octanol–water partition coefficient (Wildman–Crippen LogP) is 4.71. The Kier molecular flexibility index (Phi) is 5.51. The van der Waals surface area contributed by atoms with Crippen LogP contribution in [0.1, 0.15) is 24.1 Å². The van der Waals surface area contributed by atoms with Crippen molar-refractivity contribution < 1.29 is 9.47 Å². The lowest BCUT2D eigenvalue weighted by Gasteiger charge is -2.15. The van der Waals surface area contributed by atoms with Gasteiger partial charge in [0.15, 0.2) is 0 Å². The van der Waals surface area contributed by atoms with Crippen molar-refractivity contribution in [1.82, 2.24) is 0 Å². The number of hydrogen-bond donors (Lipinski definition) is 1. The van der Waals surface area contributed by atoms with Crippen molar-refractivity contribution in [2.75, 3.05) is 7.11 Å². The molecule has 0 aliphatic heterocycles.